The molecule has 0 spiro atoms. The molecule has 0 unspecified atom stereocenters. The second kappa shape index (κ2) is 7.97. The summed E-state index contributed by atoms with van der Waals surface area (Å²) in [6.07, 6.45) is 3.40. The summed E-state index contributed by atoms with van der Waals surface area (Å²) in [5, 5.41) is 16.4. The maximum absolute atomic E-state index is 12.6. The van der Waals surface area contributed by atoms with Crippen molar-refractivity contribution in [2.45, 2.75) is 0 Å². The number of carbonyl (C=O) groups is 1. The second-order valence-electron chi connectivity index (χ2n) is 6.76. The van der Waals surface area contributed by atoms with Gasteiger partial charge in [0.2, 0.25) is 0 Å². The number of rotatable bonds is 4. The molecule has 3 heterocycles. The Balaban J connectivity index is 1.48. The maximum atomic E-state index is 12.6. The van der Waals surface area contributed by atoms with Gasteiger partial charge in [-0.2, -0.15) is 9.61 Å². The van der Waals surface area contributed by atoms with E-state index < -0.39 is 0 Å². The molecule has 8 heteroatoms. The van der Waals surface area contributed by atoms with Crippen LogP contribution >= 0.6 is 11.6 Å². The monoisotopic (exact) mass is 426 g/mol. The van der Waals surface area contributed by atoms with E-state index >= 15 is 0 Å². The van der Waals surface area contributed by atoms with Gasteiger partial charge in [-0.15, -0.1) is 10.2 Å². The van der Waals surface area contributed by atoms with Crippen LogP contribution in [0.1, 0.15) is 10.4 Å². The summed E-state index contributed by atoms with van der Waals surface area (Å²) in [6.45, 7) is 0. The molecule has 5 aromatic rings. The Morgan fingerprint density at radius 3 is 2.55 bits per heavy atom. The average Bonchev–Trinajstić information content (AvgIpc) is 3.23. The number of amides is 1. The van der Waals surface area contributed by atoms with E-state index in [1.54, 1.807) is 41.2 Å². The van der Waals surface area contributed by atoms with E-state index in [2.05, 4.69) is 20.5 Å². The van der Waals surface area contributed by atoms with Gasteiger partial charge < -0.3 is 5.32 Å². The molecule has 1 amide bonds. The number of hydrogen-bond acceptors (Lipinski definition) is 5. The maximum Gasteiger partial charge on any atom is 0.257 e. The predicted molar refractivity (Wildman–Crippen MR) is 119 cm³/mol. The molecular formula is C23H15ClN6O. The Labute approximate surface area is 182 Å². The topological polar surface area (TPSA) is 85.1 Å². The lowest BCUT2D eigenvalue weighted by atomic mass is 10.1. The first-order chi connectivity index (χ1) is 15.2. The molecule has 0 atom stereocenters. The Morgan fingerprint density at radius 1 is 0.871 bits per heavy atom. The zero-order chi connectivity index (χ0) is 21.2. The third-order valence-corrected chi connectivity index (χ3v) is 5.07. The molecule has 7 nitrogen and oxygen atoms in total. The SMILES string of the molecule is O=C(Nc1cccc(-c2ccc3nnc(-c4ccncc4)n3n2)c1)c1ccccc1Cl. The van der Waals surface area contributed by atoms with Crippen molar-refractivity contribution in [3.63, 3.8) is 0 Å². The summed E-state index contributed by atoms with van der Waals surface area (Å²) in [5.74, 6) is 0.354. The molecular weight excluding hydrogens is 412 g/mol. The zero-order valence-electron chi connectivity index (χ0n) is 16.1. The van der Waals surface area contributed by atoms with Gasteiger partial charge in [0.05, 0.1) is 16.3 Å². The van der Waals surface area contributed by atoms with Gasteiger partial charge in [0.15, 0.2) is 11.5 Å². The minimum absolute atomic E-state index is 0.273. The lowest BCUT2D eigenvalue weighted by Crippen LogP contribution is -2.12. The fourth-order valence-corrected chi connectivity index (χ4v) is 3.45. The van der Waals surface area contributed by atoms with E-state index in [9.17, 15) is 4.79 Å². The van der Waals surface area contributed by atoms with Crippen LogP contribution in [-0.4, -0.2) is 30.7 Å². The van der Waals surface area contributed by atoms with Gasteiger partial charge in [-0.3, -0.25) is 9.78 Å². The van der Waals surface area contributed by atoms with Crippen molar-refractivity contribution in [3.05, 3.63) is 95.8 Å². The number of fused-ring (bicyclic) bond motifs is 1. The molecule has 0 bridgehead atoms. The van der Waals surface area contributed by atoms with Crippen molar-refractivity contribution >= 4 is 28.8 Å². The molecule has 2 aromatic carbocycles. The quantitative estimate of drug-likeness (QED) is 0.448. The number of nitrogens with one attached hydrogen (secondary N) is 1. The third kappa shape index (κ3) is 3.74. The zero-order valence-corrected chi connectivity index (χ0v) is 16.9. The van der Waals surface area contributed by atoms with E-state index in [1.807, 2.05) is 48.5 Å². The summed E-state index contributed by atoms with van der Waals surface area (Å²) in [5.41, 5.74) is 4.12. The number of carbonyl (C=O) groups excluding carboxylic acids is 1. The number of pyridine rings is 1. The molecule has 0 aliphatic carbocycles. The number of aromatic nitrogens is 5. The number of benzene rings is 2. The first-order valence-corrected chi connectivity index (χ1v) is 9.86. The van der Waals surface area contributed by atoms with E-state index in [-0.39, 0.29) is 5.91 Å². The van der Waals surface area contributed by atoms with Crippen LogP contribution < -0.4 is 5.32 Å². The second-order valence-corrected chi connectivity index (χ2v) is 7.17. The molecule has 0 fully saturated rings. The van der Waals surface area contributed by atoms with Crippen LogP contribution in [0.3, 0.4) is 0 Å². The van der Waals surface area contributed by atoms with E-state index in [1.165, 1.54) is 0 Å². The minimum atomic E-state index is -0.273. The van der Waals surface area contributed by atoms with Gasteiger partial charge >= 0.3 is 0 Å². The Bertz CT molecular complexity index is 1400. The largest absolute Gasteiger partial charge is 0.322 e. The van der Waals surface area contributed by atoms with E-state index in [4.69, 9.17) is 16.7 Å². The average molecular weight is 427 g/mol. The highest BCUT2D eigenvalue weighted by Gasteiger charge is 2.13. The van der Waals surface area contributed by atoms with Crippen LogP contribution in [0.4, 0.5) is 5.69 Å². The predicted octanol–water partition coefficient (Wildman–Crippen LogP) is 4.76. The normalized spacial score (nSPS) is 10.9. The molecule has 0 aliphatic rings. The van der Waals surface area contributed by atoms with Gasteiger partial charge in [-0.1, -0.05) is 35.9 Å². The Hall–Kier alpha value is -4.10. The summed E-state index contributed by atoms with van der Waals surface area (Å²) < 4.78 is 1.69. The van der Waals surface area contributed by atoms with Crippen LogP contribution in [0.5, 0.6) is 0 Å². The summed E-state index contributed by atoms with van der Waals surface area (Å²) in [6, 6.07) is 21.8. The highest BCUT2D eigenvalue weighted by Crippen LogP contribution is 2.24. The van der Waals surface area contributed by atoms with Gasteiger partial charge in [-0.25, -0.2) is 0 Å². The van der Waals surface area contributed by atoms with Crippen molar-refractivity contribution in [1.82, 2.24) is 24.8 Å². The molecule has 0 saturated heterocycles. The van der Waals surface area contributed by atoms with Crippen LogP contribution in [0.25, 0.3) is 28.3 Å². The molecule has 31 heavy (non-hydrogen) atoms. The van der Waals surface area contributed by atoms with Crippen molar-refractivity contribution in [1.29, 1.82) is 0 Å². The standard InChI is InChI=1S/C23H15ClN6O/c24-19-7-2-1-6-18(19)23(31)26-17-5-3-4-16(14-17)20-8-9-21-27-28-22(30(21)29-20)15-10-12-25-13-11-15/h1-14H,(H,26,31). The van der Waals surface area contributed by atoms with Gasteiger partial charge in [-0.05, 0) is 48.5 Å². The lowest BCUT2D eigenvalue weighted by molar-refractivity contribution is 0.102. The lowest BCUT2D eigenvalue weighted by Gasteiger charge is -2.09. The van der Waals surface area contributed by atoms with E-state index in [0.29, 0.717) is 27.7 Å². The smallest absolute Gasteiger partial charge is 0.257 e. The molecule has 0 saturated carbocycles. The first kappa shape index (κ1) is 18.9. The molecule has 150 valence electrons. The highest BCUT2D eigenvalue weighted by atomic mass is 35.5. The van der Waals surface area contributed by atoms with Crippen LogP contribution in [-0.2, 0) is 0 Å². The fourth-order valence-electron chi connectivity index (χ4n) is 3.22. The Kier molecular flexibility index (Phi) is 4.86. The number of nitrogens with zero attached hydrogens (tertiary/aromatic N) is 5. The summed E-state index contributed by atoms with van der Waals surface area (Å²) >= 11 is 6.13. The van der Waals surface area contributed by atoms with Gasteiger partial charge in [0.25, 0.3) is 5.91 Å². The molecule has 0 radical (unpaired) electrons. The van der Waals surface area contributed by atoms with Crippen LogP contribution in [0.2, 0.25) is 5.02 Å². The minimum Gasteiger partial charge on any atom is -0.322 e. The van der Waals surface area contributed by atoms with Crippen LogP contribution in [0, 0.1) is 0 Å². The van der Waals surface area contributed by atoms with Gasteiger partial charge in [0, 0.05) is 29.2 Å². The molecule has 5 rings (SSSR count). The van der Waals surface area contributed by atoms with Crippen molar-refractivity contribution in [3.8, 4) is 22.6 Å². The number of halogens is 1. The van der Waals surface area contributed by atoms with E-state index in [0.717, 1.165) is 16.8 Å². The van der Waals surface area contributed by atoms with Gasteiger partial charge in [0.1, 0.15) is 0 Å². The fraction of sp³-hybridized carbons (Fsp3) is 0. The molecule has 0 aliphatic heterocycles. The molecule has 3 aromatic heterocycles. The van der Waals surface area contributed by atoms with Crippen molar-refractivity contribution in [2.24, 2.45) is 0 Å². The summed E-state index contributed by atoms with van der Waals surface area (Å²) in [7, 11) is 0. The van der Waals surface area contributed by atoms with Crippen molar-refractivity contribution in [2.75, 3.05) is 5.32 Å². The Morgan fingerprint density at radius 2 is 1.71 bits per heavy atom. The first-order valence-electron chi connectivity index (χ1n) is 9.48. The van der Waals surface area contributed by atoms with Crippen molar-refractivity contribution < 1.29 is 4.79 Å². The summed E-state index contributed by atoms with van der Waals surface area (Å²) in [4.78, 5) is 16.6. The number of anilines is 1. The van der Waals surface area contributed by atoms with Crippen LogP contribution in [0.15, 0.2) is 85.2 Å². The number of hydrogen-bond donors (Lipinski definition) is 1. The third-order valence-electron chi connectivity index (χ3n) is 4.74. The molecule has 1 N–H and O–H groups in total. The highest BCUT2D eigenvalue weighted by molar-refractivity contribution is 6.34.